The highest BCUT2D eigenvalue weighted by atomic mass is 35.5. The molecule has 18 heavy (non-hydrogen) atoms. The lowest BCUT2D eigenvalue weighted by atomic mass is 9.83. The summed E-state index contributed by atoms with van der Waals surface area (Å²) < 4.78 is 0. The van der Waals surface area contributed by atoms with Crippen molar-refractivity contribution in [2.45, 2.75) is 52.9 Å². The average molecular weight is 268 g/mol. The van der Waals surface area contributed by atoms with E-state index in [1.165, 1.54) is 32.1 Å². The van der Waals surface area contributed by atoms with Crippen LogP contribution in [0.3, 0.4) is 0 Å². The summed E-state index contributed by atoms with van der Waals surface area (Å²) in [6, 6.07) is 0. The predicted molar refractivity (Wildman–Crippen MR) is 76.2 cm³/mol. The SMILES string of the molecule is CCC1(CNc2nc(C)c(C)nc2Cl)CCCC1. The van der Waals surface area contributed by atoms with Crippen LogP contribution in [0.2, 0.25) is 5.15 Å². The van der Waals surface area contributed by atoms with Gasteiger partial charge in [0.05, 0.1) is 11.4 Å². The van der Waals surface area contributed by atoms with Gasteiger partial charge in [-0.3, -0.25) is 0 Å². The Bertz CT molecular complexity index is 425. The van der Waals surface area contributed by atoms with Crippen molar-refractivity contribution in [3.63, 3.8) is 0 Å². The maximum Gasteiger partial charge on any atom is 0.171 e. The molecule has 1 fully saturated rings. The molecule has 0 spiro atoms. The topological polar surface area (TPSA) is 37.8 Å². The summed E-state index contributed by atoms with van der Waals surface area (Å²) >= 11 is 6.14. The first-order valence-electron chi connectivity index (χ1n) is 6.81. The first-order chi connectivity index (χ1) is 8.56. The number of nitrogens with one attached hydrogen (secondary N) is 1. The molecule has 1 aliphatic carbocycles. The highest BCUT2D eigenvalue weighted by molar-refractivity contribution is 6.31. The van der Waals surface area contributed by atoms with E-state index in [1.54, 1.807) is 0 Å². The molecule has 0 aliphatic heterocycles. The van der Waals surface area contributed by atoms with Crippen molar-refractivity contribution in [3.05, 3.63) is 16.5 Å². The molecule has 1 aliphatic rings. The number of rotatable bonds is 4. The Hall–Kier alpha value is -0.830. The summed E-state index contributed by atoms with van der Waals surface area (Å²) in [6.45, 7) is 7.14. The number of nitrogens with zero attached hydrogens (tertiary/aromatic N) is 2. The first kappa shape index (κ1) is 13.6. The Morgan fingerprint density at radius 3 is 2.39 bits per heavy atom. The van der Waals surface area contributed by atoms with Gasteiger partial charge in [-0.15, -0.1) is 0 Å². The average Bonchev–Trinajstić information content (AvgIpc) is 2.82. The summed E-state index contributed by atoms with van der Waals surface area (Å²) in [5, 5.41) is 3.90. The first-order valence-corrected chi connectivity index (χ1v) is 7.19. The van der Waals surface area contributed by atoms with E-state index < -0.39 is 0 Å². The third-order valence-corrected chi connectivity index (χ3v) is 4.57. The summed E-state index contributed by atoms with van der Waals surface area (Å²) in [6.07, 6.45) is 6.54. The molecule has 0 unspecified atom stereocenters. The summed E-state index contributed by atoms with van der Waals surface area (Å²) in [5.74, 6) is 0.736. The number of anilines is 1. The van der Waals surface area contributed by atoms with E-state index in [-0.39, 0.29) is 0 Å². The van der Waals surface area contributed by atoms with E-state index in [9.17, 15) is 0 Å². The zero-order chi connectivity index (χ0) is 13.2. The van der Waals surface area contributed by atoms with Gasteiger partial charge in [0.25, 0.3) is 0 Å². The Morgan fingerprint density at radius 1 is 1.17 bits per heavy atom. The minimum absolute atomic E-state index is 0.434. The fourth-order valence-electron chi connectivity index (χ4n) is 2.74. The van der Waals surface area contributed by atoms with Gasteiger partial charge in [0.15, 0.2) is 11.0 Å². The van der Waals surface area contributed by atoms with Crippen molar-refractivity contribution in [1.29, 1.82) is 0 Å². The lowest BCUT2D eigenvalue weighted by molar-refractivity contribution is 0.306. The van der Waals surface area contributed by atoms with Gasteiger partial charge < -0.3 is 5.32 Å². The van der Waals surface area contributed by atoms with Crippen molar-refractivity contribution in [1.82, 2.24) is 9.97 Å². The fraction of sp³-hybridized carbons (Fsp3) is 0.714. The fourth-order valence-corrected chi connectivity index (χ4v) is 2.98. The standard InChI is InChI=1S/C14H22ClN3/c1-4-14(7-5-6-8-14)9-16-13-12(15)17-10(2)11(3)18-13/h4-9H2,1-3H3,(H,16,18). The smallest absolute Gasteiger partial charge is 0.171 e. The van der Waals surface area contributed by atoms with Crippen LogP contribution in [-0.2, 0) is 0 Å². The van der Waals surface area contributed by atoms with Gasteiger partial charge >= 0.3 is 0 Å². The van der Waals surface area contributed by atoms with Crippen LogP contribution < -0.4 is 5.32 Å². The van der Waals surface area contributed by atoms with Gasteiger partial charge in [0.2, 0.25) is 0 Å². The Morgan fingerprint density at radius 2 is 1.78 bits per heavy atom. The predicted octanol–water partition coefficient (Wildman–Crippen LogP) is 4.13. The Balaban J connectivity index is 2.08. The summed E-state index contributed by atoms with van der Waals surface area (Å²) in [5.41, 5.74) is 2.28. The van der Waals surface area contributed by atoms with Gasteiger partial charge in [-0.1, -0.05) is 31.4 Å². The molecule has 4 heteroatoms. The molecule has 1 aromatic rings. The molecule has 0 amide bonds. The Labute approximate surface area is 114 Å². The van der Waals surface area contributed by atoms with Crippen LogP contribution in [0.4, 0.5) is 5.82 Å². The maximum atomic E-state index is 6.14. The van der Waals surface area contributed by atoms with E-state index in [1.807, 2.05) is 13.8 Å². The lowest BCUT2D eigenvalue weighted by Crippen LogP contribution is -2.26. The Kier molecular flexibility index (Phi) is 4.10. The quantitative estimate of drug-likeness (QED) is 0.891. The van der Waals surface area contributed by atoms with Gasteiger partial charge in [-0.05, 0) is 38.5 Å². The largest absolute Gasteiger partial charge is 0.367 e. The molecule has 0 saturated heterocycles. The molecular weight excluding hydrogens is 246 g/mol. The van der Waals surface area contributed by atoms with Crippen molar-refractivity contribution in [2.24, 2.45) is 5.41 Å². The summed E-state index contributed by atoms with van der Waals surface area (Å²) in [4.78, 5) is 8.80. The zero-order valence-corrected chi connectivity index (χ0v) is 12.3. The normalized spacial score (nSPS) is 18.0. The van der Waals surface area contributed by atoms with Gasteiger partial charge in [-0.2, -0.15) is 0 Å². The monoisotopic (exact) mass is 267 g/mol. The van der Waals surface area contributed by atoms with Crippen LogP contribution in [0, 0.1) is 19.3 Å². The van der Waals surface area contributed by atoms with Crippen molar-refractivity contribution in [2.75, 3.05) is 11.9 Å². The molecule has 1 aromatic heterocycles. The van der Waals surface area contributed by atoms with E-state index in [0.29, 0.717) is 10.6 Å². The molecule has 0 aromatic carbocycles. The van der Waals surface area contributed by atoms with Crippen molar-refractivity contribution >= 4 is 17.4 Å². The molecular formula is C14H22ClN3. The molecule has 0 radical (unpaired) electrons. The number of halogens is 1. The second kappa shape index (κ2) is 5.43. The van der Waals surface area contributed by atoms with Crippen LogP contribution in [0.25, 0.3) is 0 Å². The second-order valence-corrected chi connectivity index (χ2v) is 5.81. The van der Waals surface area contributed by atoms with Gasteiger partial charge in [0, 0.05) is 6.54 Å². The summed E-state index contributed by atoms with van der Waals surface area (Å²) in [7, 11) is 0. The van der Waals surface area contributed by atoms with E-state index in [2.05, 4.69) is 22.2 Å². The van der Waals surface area contributed by atoms with Gasteiger partial charge in [-0.25, -0.2) is 9.97 Å². The highest BCUT2D eigenvalue weighted by Crippen LogP contribution is 2.41. The van der Waals surface area contributed by atoms with Gasteiger partial charge in [0.1, 0.15) is 0 Å². The third-order valence-electron chi connectivity index (χ3n) is 4.31. The van der Waals surface area contributed by atoms with Crippen LogP contribution >= 0.6 is 11.6 Å². The molecule has 0 bridgehead atoms. The van der Waals surface area contributed by atoms with Crippen LogP contribution in [-0.4, -0.2) is 16.5 Å². The molecule has 3 nitrogen and oxygen atoms in total. The van der Waals surface area contributed by atoms with Crippen molar-refractivity contribution < 1.29 is 0 Å². The maximum absolute atomic E-state index is 6.14. The molecule has 1 heterocycles. The molecule has 1 saturated carbocycles. The van der Waals surface area contributed by atoms with Crippen molar-refractivity contribution in [3.8, 4) is 0 Å². The van der Waals surface area contributed by atoms with E-state index in [0.717, 1.165) is 23.8 Å². The van der Waals surface area contributed by atoms with Crippen LogP contribution in [0.15, 0.2) is 0 Å². The van der Waals surface area contributed by atoms with Crippen LogP contribution in [0.1, 0.15) is 50.4 Å². The van der Waals surface area contributed by atoms with Crippen LogP contribution in [0.5, 0.6) is 0 Å². The zero-order valence-electron chi connectivity index (χ0n) is 11.5. The van der Waals surface area contributed by atoms with E-state index in [4.69, 9.17) is 11.6 Å². The minimum atomic E-state index is 0.434. The molecule has 2 rings (SSSR count). The molecule has 100 valence electrons. The highest BCUT2D eigenvalue weighted by Gasteiger charge is 2.31. The minimum Gasteiger partial charge on any atom is -0.367 e. The molecule has 0 atom stereocenters. The number of hydrogen-bond donors (Lipinski definition) is 1. The number of aromatic nitrogens is 2. The van der Waals surface area contributed by atoms with E-state index >= 15 is 0 Å². The number of aryl methyl sites for hydroxylation is 2. The molecule has 1 N–H and O–H groups in total. The number of hydrogen-bond acceptors (Lipinski definition) is 3. The lowest BCUT2D eigenvalue weighted by Gasteiger charge is -2.28. The second-order valence-electron chi connectivity index (χ2n) is 5.45. The third kappa shape index (κ3) is 2.77.